The minimum absolute atomic E-state index is 0. The monoisotopic (exact) mass is 256 g/mol. The fourth-order valence-electron chi connectivity index (χ4n) is 0.930. The van der Waals surface area contributed by atoms with Gasteiger partial charge in [-0.2, -0.15) is 0 Å². The maximum Gasteiger partial charge on any atom is 0.130 e. The number of thiophene rings is 1. The lowest BCUT2D eigenvalue weighted by molar-refractivity contribution is 1.37. The highest BCUT2D eigenvalue weighted by Gasteiger charge is 1.98. The molecule has 2 aromatic heterocycles. The Bertz CT molecular complexity index is 402. The molecule has 0 bridgehead atoms. The van der Waals surface area contributed by atoms with Gasteiger partial charge >= 0.3 is 0 Å². The van der Waals surface area contributed by atoms with Crippen LogP contribution in [0, 0.1) is 0 Å². The first-order chi connectivity index (χ1) is 5.25. The first kappa shape index (κ1) is 12.8. The summed E-state index contributed by atoms with van der Waals surface area (Å²) in [6.45, 7) is 0. The van der Waals surface area contributed by atoms with Crippen LogP contribution in [0.4, 0.5) is 5.00 Å². The molecular weight excluding hydrogens is 251 g/mol. The lowest BCUT2D eigenvalue weighted by Crippen LogP contribution is -1.73. The van der Waals surface area contributed by atoms with E-state index in [2.05, 4.69) is 4.98 Å². The van der Waals surface area contributed by atoms with Gasteiger partial charge in [0.25, 0.3) is 0 Å². The highest BCUT2D eigenvalue weighted by atomic mass is 35.5. The fraction of sp³-hybridized carbons (Fsp3) is 0. The van der Waals surface area contributed by atoms with Crippen LogP contribution >= 0.6 is 47.8 Å². The number of nitrogen functional groups attached to an aromatic ring is 1. The smallest absolute Gasteiger partial charge is 0.130 e. The third kappa shape index (κ3) is 2.61. The summed E-state index contributed by atoms with van der Waals surface area (Å²) in [5.41, 5.74) is 5.59. The normalized spacial score (nSPS) is 9.00. The van der Waals surface area contributed by atoms with E-state index >= 15 is 0 Å². The Hall–Kier alpha value is -0.220. The Labute approximate surface area is 96.9 Å². The summed E-state index contributed by atoms with van der Waals surface area (Å²) < 4.78 is 1.09. The molecule has 72 valence electrons. The van der Waals surface area contributed by atoms with Crippen LogP contribution in [-0.2, 0) is 0 Å². The van der Waals surface area contributed by atoms with Crippen molar-refractivity contribution < 1.29 is 0 Å². The van der Waals surface area contributed by atoms with Gasteiger partial charge in [-0.05, 0) is 12.1 Å². The van der Waals surface area contributed by atoms with Gasteiger partial charge < -0.3 is 5.73 Å². The van der Waals surface area contributed by atoms with E-state index in [1.165, 1.54) is 11.3 Å². The molecule has 0 unspecified atom stereocenters. The first-order valence-electron chi connectivity index (χ1n) is 3.06. The Morgan fingerprint density at radius 3 is 2.69 bits per heavy atom. The molecule has 0 saturated heterocycles. The number of halogens is 3. The Morgan fingerprint density at radius 2 is 2.00 bits per heavy atom. The molecular formula is C7H7Cl3N2S. The van der Waals surface area contributed by atoms with Crippen LogP contribution in [0.25, 0.3) is 10.1 Å². The van der Waals surface area contributed by atoms with Crippen LogP contribution in [0.15, 0.2) is 18.3 Å². The quantitative estimate of drug-likeness (QED) is 0.735. The van der Waals surface area contributed by atoms with Gasteiger partial charge in [0.15, 0.2) is 0 Å². The summed E-state index contributed by atoms with van der Waals surface area (Å²) in [6, 6.07) is 3.71. The van der Waals surface area contributed by atoms with Crippen molar-refractivity contribution in [2.75, 3.05) is 5.73 Å². The molecule has 0 spiro atoms. The van der Waals surface area contributed by atoms with E-state index in [-0.39, 0.29) is 24.8 Å². The molecule has 2 aromatic rings. The molecule has 6 heteroatoms. The number of anilines is 1. The maximum absolute atomic E-state index is 5.68. The number of aromatic nitrogens is 1. The van der Waals surface area contributed by atoms with E-state index in [1.807, 2.05) is 12.1 Å². The second-order valence-corrected chi connectivity index (χ2v) is 3.70. The number of pyridine rings is 1. The highest BCUT2D eigenvalue weighted by molar-refractivity contribution is 7.22. The molecule has 0 saturated carbocycles. The third-order valence-corrected chi connectivity index (χ3v) is 2.52. The van der Waals surface area contributed by atoms with Crippen molar-refractivity contribution in [3.8, 4) is 0 Å². The minimum Gasteiger partial charge on any atom is -0.391 e. The van der Waals surface area contributed by atoms with Gasteiger partial charge in [0, 0.05) is 16.3 Å². The van der Waals surface area contributed by atoms with Crippen molar-refractivity contribution in [3.05, 3.63) is 23.5 Å². The van der Waals surface area contributed by atoms with Gasteiger partial charge in [0.05, 0.1) is 5.00 Å². The second-order valence-electron chi connectivity index (χ2n) is 2.19. The number of rotatable bonds is 0. The van der Waals surface area contributed by atoms with E-state index in [0.29, 0.717) is 5.15 Å². The van der Waals surface area contributed by atoms with Crippen molar-refractivity contribution in [2.24, 2.45) is 0 Å². The number of fused-ring (bicyclic) bond motifs is 1. The van der Waals surface area contributed by atoms with E-state index < -0.39 is 0 Å². The van der Waals surface area contributed by atoms with Crippen LogP contribution in [0.1, 0.15) is 0 Å². The Morgan fingerprint density at radius 1 is 1.31 bits per heavy atom. The zero-order valence-electron chi connectivity index (χ0n) is 6.36. The van der Waals surface area contributed by atoms with Crippen molar-refractivity contribution in [2.45, 2.75) is 0 Å². The van der Waals surface area contributed by atoms with Gasteiger partial charge in [0.1, 0.15) is 5.15 Å². The summed E-state index contributed by atoms with van der Waals surface area (Å²) in [5.74, 6) is 0. The van der Waals surface area contributed by atoms with Gasteiger partial charge in [-0.15, -0.1) is 36.2 Å². The second kappa shape index (κ2) is 4.86. The van der Waals surface area contributed by atoms with E-state index in [1.54, 1.807) is 6.20 Å². The molecule has 2 nitrogen and oxygen atoms in total. The molecule has 0 radical (unpaired) electrons. The number of nitrogens with zero attached hydrogens (tertiary/aromatic N) is 1. The summed E-state index contributed by atoms with van der Waals surface area (Å²) >= 11 is 7.20. The predicted molar refractivity (Wildman–Crippen MR) is 63.5 cm³/mol. The number of nitrogens with two attached hydrogens (primary N) is 1. The third-order valence-electron chi connectivity index (χ3n) is 1.39. The van der Waals surface area contributed by atoms with Crippen LogP contribution in [0.2, 0.25) is 5.15 Å². The molecule has 0 aliphatic heterocycles. The van der Waals surface area contributed by atoms with Crippen LogP contribution in [0.5, 0.6) is 0 Å². The van der Waals surface area contributed by atoms with E-state index in [4.69, 9.17) is 17.3 Å². The van der Waals surface area contributed by atoms with Gasteiger partial charge in [-0.1, -0.05) is 11.6 Å². The van der Waals surface area contributed by atoms with Crippen LogP contribution < -0.4 is 5.73 Å². The summed E-state index contributed by atoms with van der Waals surface area (Å²) in [6.07, 6.45) is 1.73. The zero-order chi connectivity index (χ0) is 7.84. The molecule has 2 heterocycles. The standard InChI is InChI=1S/C7H5ClN2S.2ClH/c8-6-2-5-4(3-10-6)1-7(9)11-5;;/h1-3H,9H2;2*1H. The molecule has 2 rings (SSSR count). The topological polar surface area (TPSA) is 38.9 Å². The van der Waals surface area contributed by atoms with Crippen molar-refractivity contribution in [1.82, 2.24) is 4.98 Å². The van der Waals surface area contributed by atoms with Gasteiger partial charge in [-0.25, -0.2) is 4.98 Å². The maximum atomic E-state index is 5.68. The predicted octanol–water partition coefficient (Wildman–Crippen LogP) is 3.38. The summed E-state index contributed by atoms with van der Waals surface area (Å²) in [4.78, 5) is 3.94. The van der Waals surface area contributed by atoms with Crippen molar-refractivity contribution in [1.29, 1.82) is 0 Å². The number of hydrogen-bond donors (Lipinski definition) is 1. The lowest BCUT2D eigenvalue weighted by atomic mass is 10.3. The average molecular weight is 258 g/mol. The summed E-state index contributed by atoms with van der Waals surface area (Å²) in [7, 11) is 0. The van der Waals surface area contributed by atoms with E-state index in [9.17, 15) is 0 Å². The summed E-state index contributed by atoms with van der Waals surface area (Å²) in [5, 5.41) is 2.36. The molecule has 0 amide bonds. The minimum atomic E-state index is 0. The van der Waals surface area contributed by atoms with Gasteiger partial charge in [-0.3, -0.25) is 0 Å². The fourth-order valence-corrected chi connectivity index (χ4v) is 1.99. The molecule has 0 aliphatic carbocycles. The number of hydrogen-bond acceptors (Lipinski definition) is 3. The zero-order valence-corrected chi connectivity index (χ0v) is 9.56. The molecule has 13 heavy (non-hydrogen) atoms. The van der Waals surface area contributed by atoms with E-state index in [0.717, 1.165) is 15.1 Å². The molecule has 0 aromatic carbocycles. The average Bonchev–Trinajstić information content (AvgIpc) is 2.27. The Balaban J connectivity index is 0.000000720. The molecule has 2 N–H and O–H groups in total. The molecule has 0 fully saturated rings. The first-order valence-corrected chi connectivity index (χ1v) is 4.26. The Kier molecular flexibility index (Phi) is 4.78. The molecule has 0 atom stereocenters. The molecule has 0 aliphatic rings. The largest absolute Gasteiger partial charge is 0.391 e. The van der Waals surface area contributed by atoms with Gasteiger partial charge in [0.2, 0.25) is 0 Å². The van der Waals surface area contributed by atoms with Crippen molar-refractivity contribution >= 4 is 62.8 Å². The van der Waals surface area contributed by atoms with Crippen molar-refractivity contribution in [3.63, 3.8) is 0 Å². The van der Waals surface area contributed by atoms with Crippen LogP contribution in [-0.4, -0.2) is 4.98 Å². The highest BCUT2D eigenvalue weighted by Crippen LogP contribution is 2.27. The van der Waals surface area contributed by atoms with Crippen LogP contribution in [0.3, 0.4) is 0 Å². The lowest BCUT2D eigenvalue weighted by Gasteiger charge is -1.87. The SMILES string of the molecule is Cl.Cl.Nc1cc2cnc(Cl)cc2s1.